The van der Waals surface area contributed by atoms with Crippen LogP contribution in [0.3, 0.4) is 0 Å². The zero-order valence-electron chi connectivity index (χ0n) is 30.9. The average molecular weight is 776 g/mol. The van der Waals surface area contributed by atoms with Gasteiger partial charge in [0.15, 0.2) is 0 Å². The van der Waals surface area contributed by atoms with Crippen LogP contribution in [0.15, 0.2) is 146 Å². The summed E-state index contributed by atoms with van der Waals surface area (Å²) in [7, 11) is 13.6. The van der Waals surface area contributed by atoms with Gasteiger partial charge in [-0.25, -0.2) is 0 Å². The molecule has 0 aromatic heterocycles. The van der Waals surface area contributed by atoms with E-state index in [4.69, 9.17) is 3.80 Å². The fourth-order valence-electron chi connectivity index (χ4n) is 16.3. The Labute approximate surface area is 309 Å². The number of hydrogen-bond acceptors (Lipinski definition) is 1. The molecule has 4 aromatic carbocycles. The first-order valence-corrected chi connectivity index (χ1v) is 34.4. The van der Waals surface area contributed by atoms with Gasteiger partial charge in [-0.15, -0.1) is 0 Å². The molecule has 5 aliphatic carbocycles. The fourth-order valence-corrected chi connectivity index (χ4v) is 86.5. The summed E-state index contributed by atoms with van der Waals surface area (Å²) in [5, 5.41) is 0. The van der Waals surface area contributed by atoms with Crippen LogP contribution in [0.2, 0.25) is 17.3 Å². The Hall–Kier alpha value is -3.21. The second kappa shape index (κ2) is 8.68. The molecule has 0 amide bonds. The SMILES string of the molecule is C[SiH](C)[Ti]([Cl])([Cl])([NH]C(C)(C)C)([CH]1C=CC=C1)([CH]1C=Cc2ccccc21)([CH]1C=Cc2ccccc21)([CH]1C=Cc2ccccc21)[CH]1C=Cc2ccccc21. The van der Waals surface area contributed by atoms with E-state index in [-0.39, 0.29) is 0 Å². The van der Waals surface area contributed by atoms with Gasteiger partial charge in [0.25, 0.3) is 0 Å². The third-order valence-corrected chi connectivity index (χ3v) is 101. The minimum absolute atomic E-state index is 0.433. The Bertz CT molecular complexity index is 2280. The third-order valence-electron chi connectivity index (χ3n) is 17.8. The van der Waals surface area contributed by atoms with Crippen LogP contribution in [0.1, 0.15) is 82.2 Å². The van der Waals surface area contributed by atoms with E-state index in [0.29, 0.717) is 0 Å². The minimum atomic E-state index is -8.73. The van der Waals surface area contributed by atoms with Crippen molar-refractivity contribution in [2.75, 3.05) is 0 Å². The van der Waals surface area contributed by atoms with Crippen LogP contribution in [0.25, 0.3) is 24.3 Å². The van der Waals surface area contributed by atoms with E-state index in [1.165, 1.54) is 44.5 Å². The Morgan fingerprint density at radius 1 is 0.481 bits per heavy atom. The van der Waals surface area contributed by atoms with Gasteiger partial charge >= 0.3 is 312 Å². The molecule has 4 atom stereocenters. The van der Waals surface area contributed by atoms with E-state index in [1.807, 2.05) is 0 Å². The summed E-state index contributed by atoms with van der Waals surface area (Å²) >= 11 is 0. The van der Waals surface area contributed by atoms with Gasteiger partial charge in [-0.3, -0.25) is 0 Å². The number of benzene rings is 4. The van der Waals surface area contributed by atoms with Crippen molar-refractivity contribution >= 4 is 49.6 Å². The molecule has 0 fully saturated rings. The van der Waals surface area contributed by atoms with E-state index >= 15 is 0 Å². The van der Waals surface area contributed by atoms with Crippen LogP contribution >= 0.6 is 18.6 Å². The summed E-state index contributed by atoms with van der Waals surface area (Å²) in [6.45, 7) is 9.24. The number of nitrogens with one attached hydrogen (secondary N) is 1. The van der Waals surface area contributed by atoms with E-state index in [1.54, 1.807) is 0 Å². The third kappa shape index (κ3) is 2.70. The summed E-state index contributed by atoms with van der Waals surface area (Å²) in [5.41, 5.74) is 8.96. The Morgan fingerprint density at radius 2 is 0.769 bits per heavy atom. The molecule has 0 saturated carbocycles. The Kier molecular flexibility index (Phi) is 5.77. The van der Waals surface area contributed by atoms with Gasteiger partial charge in [-0.05, 0) is 0 Å². The first kappa shape index (κ1) is 34.6. The maximum absolute atomic E-state index is 11.2. The number of rotatable bonds is 7. The van der Waals surface area contributed by atoms with E-state index in [9.17, 15) is 18.6 Å². The molecule has 5 aliphatic rings. The number of fused-ring (bicyclic) bond motifs is 4. The summed E-state index contributed by atoms with van der Waals surface area (Å²) < 4.78 is 2.73. The van der Waals surface area contributed by atoms with Gasteiger partial charge in [-0.1, -0.05) is 0 Å². The first-order chi connectivity index (χ1) is 24.6. The number of allylic oxidation sites excluding steroid dienone is 8. The van der Waals surface area contributed by atoms with Crippen LogP contribution in [0.5, 0.6) is 0 Å². The summed E-state index contributed by atoms with van der Waals surface area (Å²) in [6.07, 6.45) is 28.6. The van der Waals surface area contributed by atoms with Gasteiger partial charge < -0.3 is 0 Å². The maximum atomic E-state index is 11.2. The molecule has 5 heteroatoms. The van der Waals surface area contributed by atoms with E-state index in [2.05, 4.69) is 204 Å². The standard InChI is InChI=1S/4C9H7.C5H5.C4H10N.C2H7Si.2ClH.Ti/c4*1-2-5-9-7-3-6-8(9)4-1;1-2-4-5-3-1;1-4(2,3)5;1-3-2;;;/h4*1-7H;1-5H;5H,1-3H3;3H,1-2H3;2*1H;/q;;;;;-1;;;;+3/p-2. The molecule has 4 aromatic rings. The van der Waals surface area contributed by atoms with Crippen molar-refractivity contribution in [3.8, 4) is 0 Å². The van der Waals surface area contributed by atoms with Crippen molar-refractivity contribution in [2.45, 2.75) is 60.5 Å². The summed E-state index contributed by atoms with van der Waals surface area (Å²) in [5.74, 6) is 0. The van der Waals surface area contributed by atoms with Gasteiger partial charge in [0.2, 0.25) is 0 Å². The molecular formula is C47H50Cl2NSiTi. The van der Waals surface area contributed by atoms with Gasteiger partial charge in [0, 0.05) is 0 Å². The fraction of sp³-hybridized carbons (Fsp3) is 0.234. The second-order valence-electron chi connectivity index (χ2n) is 19.6. The van der Waals surface area contributed by atoms with Crippen LogP contribution in [0, 0.1) is 0 Å². The van der Waals surface area contributed by atoms with Crippen molar-refractivity contribution in [3.05, 3.63) is 190 Å². The molecule has 9 rings (SSSR count). The van der Waals surface area contributed by atoms with Crippen LogP contribution in [0.4, 0.5) is 0 Å². The molecule has 0 radical (unpaired) electrons. The summed E-state index contributed by atoms with van der Waals surface area (Å²) in [6, 6.07) is 35.8. The van der Waals surface area contributed by atoms with Crippen molar-refractivity contribution in [3.63, 3.8) is 0 Å². The van der Waals surface area contributed by atoms with Crippen LogP contribution in [-0.2, 0) is 7.57 Å². The average Bonchev–Trinajstić information content (AvgIpc) is 3.97. The molecule has 4 unspecified atom stereocenters. The van der Waals surface area contributed by atoms with Crippen LogP contribution in [-0.4, -0.2) is 12.2 Å². The van der Waals surface area contributed by atoms with Crippen molar-refractivity contribution in [1.29, 1.82) is 0 Å². The van der Waals surface area contributed by atoms with Gasteiger partial charge in [0.05, 0.1) is 0 Å². The Morgan fingerprint density at radius 3 is 1.04 bits per heavy atom. The molecular weight excluding hydrogens is 725 g/mol. The zero-order chi connectivity index (χ0) is 36.4. The predicted octanol–water partition coefficient (Wildman–Crippen LogP) is 13.4. The zero-order valence-corrected chi connectivity index (χ0v) is 35.1. The number of hydrogen-bond donors (Lipinski definition) is 1. The van der Waals surface area contributed by atoms with Crippen molar-refractivity contribution in [1.82, 2.24) is 3.80 Å². The van der Waals surface area contributed by atoms with Gasteiger partial charge in [0.1, 0.15) is 0 Å². The van der Waals surface area contributed by atoms with E-state index < -0.39 is 40.9 Å². The topological polar surface area (TPSA) is 12.0 Å². The predicted molar refractivity (Wildman–Crippen MR) is 228 cm³/mol. The second-order valence-corrected chi connectivity index (χ2v) is 76.2. The molecule has 52 heavy (non-hydrogen) atoms. The molecule has 0 aliphatic heterocycles. The van der Waals surface area contributed by atoms with Crippen molar-refractivity contribution in [2.24, 2.45) is 0 Å². The molecule has 1 nitrogen and oxygen atoms in total. The Balaban J connectivity index is 1.79. The molecule has 0 heterocycles. The summed E-state index contributed by atoms with van der Waals surface area (Å²) in [4.78, 5) is 0. The molecule has 0 saturated heterocycles. The first-order valence-electron chi connectivity index (χ1n) is 19.2. The quantitative estimate of drug-likeness (QED) is 0.184. The normalized spacial score (nSPS) is 26.6. The monoisotopic (exact) mass is 774 g/mol. The molecule has 0 spiro atoms. The molecule has 0 bridgehead atoms. The van der Waals surface area contributed by atoms with E-state index in [0.717, 1.165) is 0 Å². The van der Waals surface area contributed by atoms with Crippen molar-refractivity contribution < 1.29 is 7.57 Å². The molecule has 265 valence electrons. The van der Waals surface area contributed by atoms with Gasteiger partial charge in [-0.2, -0.15) is 0 Å². The van der Waals surface area contributed by atoms with Crippen LogP contribution < -0.4 is 3.80 Å². The number of halogens is 2. The molecule has 1 N–H and O–H groups in total.